The predicted octanol–water partition coefficient (Wildman–Crippen LogP) is -0.0150. The number of nitrogens with two attached hydrogens (primary N) is 1. The molecule has 0 radical (unpaired) electrons. The van der Waals surface area contributed by atoms with E-state index in [0.29, 0.717) is 37.1 Å². The molecule has 17 heavy (non-hydrogen) atoms. The van der Waals surface area contributed by atoms with Crippen molar-refractivity contribution in [1.29, 1.82) is 0 Å². The number of aldehydes is 1. The van der Waals surface area contributed by atoms with E-state index in [1.165, 1.54) is 0 Å². The van der Waals surface area contributed by atoms with Crippen LogP contribution in [-0.2, 0) is 17.9 Å². The molecule has 1 heterocycles. The van der Waals surface area contributed by atoms with Crippen molar-refractivity contribution in [3.63, 3.8) is 0 Å². The average Bonchev–Trinajstić information content (AvgIpc) is 2.71. The zero-order chi connectivity index (χ0) is 12.8. The van der Waals surface area contributed by atoms with Gasteiger partial charge in [0.25, 0.3) is 0 Å². The highest BCUT2D eigenvalue weighted by molar-refractivity contribution is 5.73. The fourth-order valence-corrected chi connectivity index (χ4v) is 1.63. The minimum absolute atomic E-state index is 0.154. The van der Waals surface area contributed by atoms with Crippen molar-refractivity contribution in [3.05, 3.63) is 23.5 Å². The summed E-state index contributed by atoms with van der Waals surface area (Å²) in [4.78, 5) is 21.3. The average molecular weight is 240 g/mol. The maximum atomic E-state index is 10.7. The number of carboxylic acid groups (broad SMARTS) is 1. The van der Waals surface area contributed by atoms with Gasteiger partial charge in [0.2, 0.25) is 0 Å². The molecule has 1 rings (SSSR count). The number of aromatic nitrogens is 1. The van der Waals surface area contributed by atoms with Gasteiger partial charge in [-0.25, -0.2) is 0 Å². The number of aliphatic carboxylic acids is 1. The van der Waals surface area contributed by atoms with E-state index >= 15 is 0 Å². The minimum atomic E-state index is -1.03. The summed E-state index contributed by atoms with van der Waals surface area (Å²) in [6, 6.07) is 2.40. The third-order valence-corrected chi connectivity index (χ3v) is 2.60. The van der Waals surface area contributed by atoms with Gasteiger partial charge in [0, 0.05) is 12.2 Å². The van der Waals surface area contributed by atoms with Crippen LogP contribution >= 0.6 is 0 Å². The first kappa shape index (κ1) is 13.4. The second-order valence-electron chi connectivity index (χ2n) is 3.76. The number of hydrogen-bond acceptors (Lipinski definition) is 4. The van der Waals surface area contributed by atoms with Crippen LogP contribution in [-0.4, -0.2) is 33.1 Å². The van der Waals surface area contributed by atoms with Gasteiger partial charge in [0.1, 0.15) is 6.04 Å². The molecule has 0 aliphatic rings. The lowest BCUT2D eigenvalue weighted by atomic mass is 10.1. The van der Waals surface area contributed by atoms with Crippen LogP contribution in [0.4, 0.5) is 0 Å². The topological polar surface area (TPSA) is 106 Å². The lowest BCUT2D eigenvalue weighted by molar-refractivity contribution is -0.138. The summed E-state index contributed by atoms with van der Waals surface area (Å²) in [5, 5.41) is 17.7. The highest BCUT2D eigenvalue weighted by atomic mass is 16.4. The SMILES string of the molecule is N[C@@H](CCCn1c(C=O)ccc1CO)C(=O)O. The summed E-state index contributed by atoms with van der Waals surface area (Å²) in [7, 11) is 0. The van der Waals surface area contributed by atoms with E-state index in [9.17, 15) is 9.59 Å². The number of carbonyl (C=O) groups is 2. The van der Waals surface area contributed by atoms with Crippen molar-refractivity contribution < 1.29 is 19.8 Å². The Balaban J connectivity index is 2.59. The number of aliphatic hydroxyl groups excluding tert-OH is 1. The smallest absolute Gasteiger partial charge is 0.320 e. The van der Waals surface area contributed by atoms with Gasteiger partial charge in [-0.1, -0.05) is 0 Å². The van der Waals surface area contributed by atoms with Gasteiger partial charge in [-0.2, -0.15) is 0 Å². The van der Waals surface area contributed by atoms with E-state index in [-0.39, 0.29) is 6.61 Å². The van der Waals surface area contributed by atoms with Crippen LogP contribution in [0.3, 0.4) is 0 Å². The quantitative estimate of drug-likeness (QED) is 0.581. The summed E-state index contributed by atoms with van der Waals surface area (Å²) in [5.41, 5.74) is 6.47. The standard InChI is InChI=1S/C11H16N2O4/c12-10(11(16)17)2-1-5-13-8(6-14)3-4-9(13)7-15/h3-4,6,10,15H,1-2,5,7,12H2,(H,16,17)/t10-/m0/s1. The summed E-state index contributed by atoms with van der Waals surface area (Å²) in [6.45, 7) is 0.316. The number of carbonyl (C=O) groups excluding carboxylic acids is 1. The van der Waals surface area contributed by atoms with Crippen molar-refractivity contribution in [2.24, 2.45) is 5.73 Å². The normalized spacial score (nSPS) is 12.4. The van der Waals surface area contributed by atoms with Gasteiger partial charge in [0.05, 0.1) is 12.3 Å². The number of carboxylic acids is 1. The molecule has 0 saturated carbocycles. The zero-order valence-corrected chi connectivity index (χ0v) is 9.37. The highest BCUT2D eigenvalue weighted by Crippen LogP contribution is 2.10. The summed E-state index contributed by atoms with van der Waals surface area (Å²) >= 11 is 0. The Morgan fingerprint density at radius 2 is 2.24 bits per heavy atom. The first-order valence-corrected chi connectivity index (χ1v) is 5.33. The van der Waals surface area contributed by atoms with Crippen LogP contribution < -0.4 is 5.73 Å². The zero-order valence-electron chi connectivity index (χ0n) is 9.37. The van der Waals surface area contributed by atoms with Crippen molar-refractivity contribution in [2.75, 3.05) is 0 Å². The highest BCUT2D eigenvalue weighted by Gasteiger charge is 2.12. The molecular weight excluding hydrogens is 224 g/mol. The third-order valence-electron chi connectivity index (χ3n) is 2.60. The predicted molar refractivity (Wildman–Crippen MR) is 60.6 cm³/mol. The number of aliphatic hydroxyl groups is 1. The molecule has 94 valence electrons. The van der Waals surface area contributed by atoms with Crippen LogP contribution in [0.2, 0.25) is 0 Å². The van der Waals surface area contributed by atoms with Crippen molar-refractivity contribution >= 4 is 12.3 Å². The first-order chi connectivity index (χ1) is 8.10. The van der Waals surface area contributed by atoms with Gasteiger partial charge in [-0.15, -0.1) is 0 Å². The molecule has 6 nitrogen and oxygen atoms in total. The number of nitrogens with zero attached hydrogens (tertiary/aromatic N) is 1. The van der Waals surface area contributed by atoms with Gasteiger partial charge in [-0.3, -0.25) is 9.59 Å². The van der Waals surface area contributed by atoms with E-state index in [1.807, 2.05) is 0 Å². The molecule has 4 N–H and O–H groups in total. The molecule has 0 aliphatic heterocycles. The van der Waals surface area contributed by atoms with Gasteiger partial charge >= 0.3 is 5.97 Å². The molecule has 0 saturated heterocycles. The Hall–Kier alpha value is -1.66. The molecule has 0 aliphatic carbocycles. The molecular formula is C11H16N2O4. The maximum absolute atomic E-state index is 10.7. The molecule has 0 unspecified atom stereocenters. The van der Waals surface area contributed by atoms with E-state index in [0.717, 1.165) is 0 Å². The molecule has 0 amide bonds. The third kappa shape index (κ3) is 3.40. The van der Waals surface area contributed by atoms with Crippen LogP contribution in [0.15, 0.2) is 12.1 Å². The van der Waals surface area contributed by atoms with Crippen LogP contribution in [0.25, 0.3) is 0 Å². The Morgan fingerprint density at radius 3 is 2.76 bits per heavy atom. The Labute approximate surface area is 98.7 Å². The van der Waals surface area contributed by atoms with E-state index in [2.05, 4.69) is 0 Å². The van der Waals surface area contributed by atoms with Crippen LogP contribution in [0, 0.1) is 0 Å². The van der Waals surface area contributed by atoms with Crippen molar-refractivity contribution in [1.82, 2.24) is 4.57 Å². The second-order valence-corrected chi connectivity index (χ2v) is 3.76. The lowest BCUT2D eigenvalue weighted by Crippen LogP contribution is -2.30. The molecule has 1 aromatic rings. The number of hydrogen-bond donors (Lipinski definition) is 3. The van der Waals surface area contributed by atoms with Gasteiger partial charge in [0.15, 0.2) is 6.29 Å². The maximum Gasteiger partial charge on any atom is 0.320 e. The van der Waals surface area contributed by atoms with Crippen molar-refractivity contribution in [2.45, 2.75) is 32.0 Å². The van der Waals surface area contributed by atoms with Crippen LogP contribution in [0.5, 0.6) is 0 Å². The summed E-state index contributed by atoms with van der Waals surface area (Å²) in [6.07, 6.45) is 1.57. The van der Waals surface area contributed by atoms with Crippen molar-refractivity contribution in [3.8, 4) is 0 Å². The Kier molecular flexibility index (Phi) is 4.86. The largest absolute Gasteiger partial charge is 0.480 e. The molecule has 6 heteroatoms. The lowest BCUT2D eigenvalue weighted by Gasteiger charge is -2.11. The van der Waals surface area contributed by atoms with E-state index < -0.39 is 12.0 Å². The summed E-state index contributed by atoms with van der Waals surface area (Å²) < 4.78 is 1.67. The van der Waals surface area contributed by atoms with Gasteiger partial charge in [-0.05, 0) is 25.0 Å². The molecule has 0 fully saturated rings. The minimum Gasteiger partial charge on any atom is -0.480 e. The van der Waals surface area contributed by atoms with E-state index in [1.54, 1.807) is 16.7 Å². The fourth-order valence-electron chi connectivity index (χ4n) is 1.63. The van der Waals surface area contributed by atoms with Gasteiger partial charge < -0.3 is 20.5 Å². The second kappa shape index (κ2) is 6.17. The summed E-state index contributed by atoms with van der Waals surface area (Å²) in [5.74, 6) is -1.03. The number of rotatable bonds is 7. The molecule has 0 spiro atoms. The fraction of sp³-hybridized carbons (Fsp3) is 0.455. The molecule has 0 bridgehead atoms. The molecule has 1 aromatic heterocycles. The van der Waals surface area contributed by atoms with Crippen LogP contribution in [0.1, 0.15) is 29.0 Å². The Morgan fingerprint density at radius 1 is 1.53 bits per heavy atom. The first-order valence-electron chi connectivity index (χ1n) is 5.33. The monoisotopic (exact) mass is 240 g/mol. The molecule has 0 aromatic carbocycles. The molecule has 1 atom stereocenters. The Bertz CT molecular complexity index is 400. The van der Waals surface area contributed by atoms with E-state index in [4.69, 9.17) is 15.9 Å².